The van der Waals surface area contributed by atoms with Gasteiger partial charge in [0, 0.05) is 42.8 Å². The van der Waals surface area contributed by atoms with Crippen LogP contribution in [0.4, 0.5) is 0 Å². The molecule has 0 radical (unpaired) electrons. The highest BCUT2D eigenvalue weighted by Gasteiger charge is 2.49. The van der Waals surface area contributed by atoms with E-state index in [4.69, 9.17) is 9.47 Å². The van der Waals surface area contributed by atoms with Crippen molar-refractivity contribution in [3.8, 4) is 5.75 Å². The Morgan fingerprint density at radius 1 is 1.20 bits per heavy atom. The summed E-state index contributed by atoms with van der Waals surface area (Å²) in [6.45, 7) is 0. The van der Waals surface area contributed by atoms with Crippen molar-refractivity contribution in [2.45, 2.75) is 43.9 Å². The normalized spacial score (nSPS) is 26.9. The van der Waals surface area contributed by atoms with E-state index in [2.05, 4.69) is 19.1 Å². The molecule has 2 atom stereocenters. The van der Waals surface area contributed by atoms with Gasteiger partial charge in [0.2, 0.25) is 0 Å². The third-order valence-electron chi connectivity index (χ3n) is 6.17. The van der Waals surface area contributed by atoms with Crippen molar-refractivity contribution in [1.82, 2.24) is 4.98 Å². The number of halogens is 1. The van der Waals surface area contributed by atoms with Crippen molar-refractivity contribution in [2.24, 2.45) is 0 Å². The van der Waals surface area contributed by atoms with Gasteiger partial charge in [-0.15, -0.1) is 0 Å². The number of ether oxygens (including phenoxy) is 2. The van der Waals surface area contributed by atoms with Gasteiger partial charge in [0.25, 0.3) is 0 Å². The molecule has 2 aromatic rings. The summed E-state index contributed by atoms with van der Waals surface area (Å²) in [4.78, 5) is 15.8. The van der Waals surface area contributed by atoms with Gasteiger partial charge in [0.15, 0.2) is 0 Å². The number of fused-ring (bicyclic) bond motifs is 3. The lowest BCUT2D eigenvalue weighted by Crippen LogP contribution is -3.00. The van der Waals surface area contributed by atoms with Crippen molar-refractivity contribution in [3.63, 3.8) is 0 Å². The van der Waals surface area contributed by atoms with Gasteiger partial charge in [-0.1, -0.05) is 0 Å². The number of nitrogens with one attached hydrogen (secondary N) is 1. The molecule has 5 nitrogen and oxygen atoms in total. The molecule has 2 saturated heterocycles. The molecule has 3 heterocycles. The van der Waals surface area contributed by atoms with E-state index in [1.54, 1.807) is 13.3 Å². The Hall–Kier alpha value is -1.28. The van der Waals surface area contributed by atoms with E-state index in [-0.39, 0.29) is 36.0 Å². The second-order valence-electron chi connectivity index (χ2n) is 7.63. The fourth-order valence-corrected chi connectivity index (χ4v) is 4.54. The van der Waals surface area contributed by atoms with E-state index >= 15 is 0 Å². The van der Waals surface area contributed by atoms with Crippen LogP contribution in [0, 0.1) is 0 Å². The van der Waals surface area contributed by atoms with Crippen LogP contribution >= 0.6 is 0 Å². The molecule has 1 aromatic carbocycles. The number of benzene rings is 1. The summed E-state index contributed by atoms with van der Waals surface area (Å²) >= 11 is 0. The Morgan fingerprint density at radius 3 is 2.52 bits per heavy atom. The van der Waals surface area contributed by atoms with Gasteiger partial charge in [0.1, 0.15) is 11.9 Å². The lowest BCUT2D eigenvalue weighted by Gasteiger charge is -2.43. The quantitative estimate of drug-likeness (QED) is 0.406. The molecule has 2 aliphatic heterocycles. The molecule has 2 fully saturated rings. The highest BCUT2D eigenvalue weighted by Crippen LogP contribution is 2.40. The van der Waals surface area contributed by atoms with Crippen LogP contribution in [0.1, 0.15) is 36.0 Å². The second-order valence-corrected chi connectivity index (χ2v) is 7.63. The lowest BCUT2D eigenvalue weighted by molar-refractivity contribution is -0.931. The minimum atomic E-state index is -0.230. The maximum Gasteiger partial charge on any atom is 0.340 e. The Labute approximate surface area is 165 Å². The highest BCUT2D eigenvalue weighted by atomic mass is 127. The van der Waals surface area contributed by atoms with E-state index in [9.17, 15) is 4.79 Å². The Kier molecular flexibility index (Phi) is 5.03. The minimum absolute atomic E-state index is 0. The molecule has 6 heteroatoms. The number of aromatic amines is 1. The predicted molar refractivity (Wildman–Crippen MR) is 92.2 cm³/mol. The number of rotatable bonds is 3. The number of aromatic nitrogens is 1. The summed E-state index contributed by atoms with van der Waals surface area (Å²) in [7, 11) is 6.25. The maximum atomic E-state index is 12.7. The molecule has 2 unspecified atom stereocenters. The fourth-order valence-electron chi connectivity index (χ4n) is 4.54. The maximum absolute atomic E-state index is 12.7. The van der Waals surface area contributed by atoms with E-state index in [1.807, 2.05) is 18.2 Å². The van der Waals surface area contributed by atoms with E-state index in [0.717, 1.165) is 34.0 Å². The first kappa shape index (κ1) is 18.5. The number of carbonyl (C=O) groups is 1. The van der Waals surface area contributed by atoms with Crippen LogP contribution in [0.5, 0.6) is 5.75 Å². The SMILES string of the molecule is COc1ccc2[nH]cc(C(=O)OC3CC4CCC(C3)[N+]4(C)C)c2c1.[I-]. The molecular formula is C19H25IN2O3. The third-order valence-corrected chi connectivity index (χ3v) is 6.17. The average Bonchev–Trinajstić information content (AvgIpc) is 3.00. The average molecular weight is 456 g/mol. The van der Waals surface area contributed by atoms with Gasteiger partial charge in [-0.2, -0.15) is 0 Å². The third kappa shape index (κ3) is 3.14. The van der Waals surface area contributed by atoms with Crippen LogP contribution in [-0.2, 0) is 4.74 Å². The zero-order valence-electron chi connectivity index (χ0n) is 14.9. The van der Waals surface area contributed by atoms with Crippen LogP contribution in [0.25, 0.3) is 10.9 Å². The Balaban J connectivity index is 0.00000182. The molecule has 4 rings (SSSR count). The van der Waals surface area contributed by atoms with Crippen LogP contribution in [0.2, 0.25) is 0 Å². The van der Waals surface area contributed by atoms with Crippen molar-refractivity contribution in [3.05, 3.63) is 30.0 Å². The van der Waals surface area contributed by atoms with Gasteiger partial charge in [0.05, 0.1) is 38.9 Å². The van der Waals surface area contributed by atoms with Gasteiger partial charge in [-0.05, 0) is 18.2 Å². The van der Waals surface area contributed by atoms with Crippen molar-refractivity contribution in [2.75, 3.05) is 21.2 Å². The summed E-state index contributed by atoms with van der Waals surface area (Å²) in [5, 5.41) is 0.856. The first-order valence-corrected chi connectivity index (χ1v) is 8.68. The number of hydrogen-bond donors (Lipinski definition) is 1. The number of piperidine rings is 1. The predicted octanol–water partition coefficient (Wildman–Crippen LogP) is 0.107. The topological polar surface area (TPSA) is 51.3 Å². The highest BCUT2D eigenvalue weighted by molar-refractivity contribution is 6.04. The molecule has 2 aliphatic rings. The number of esters is 1. The standard InChI is InChI=1S/C19H24N2O3.HI/c1-21(2)12-4-5-13(21)9-15(8-12)24-19(22)17-11-20-18-7-6-14(23-3)10-16(17)18;/h6-7,10-13,15H,4-5,8-9H2,1-3H3;1H. The molecule has 0 aliphatic carbocycles. The smallest absolute Gasteiger partial charge is 0.340 e. The zero-order valence-corrected chi connectivity index (χ0v) is 17.1. The molecule has 0 spiro atoms. The first-order valence-electron chi connectivity index (χ1n) is 8.68. The largest absolute Gasteiger partial charge is 1.00 e. The van der Waals surface area contributed by atoms with Gasteiger partial charge in [-0.25, -0.2) is 4.79 Å². The lowest BCUT2D eigenvalue weighted by atomic mass is 9.98. The molecule has 0 amide bonds. The summed E-state index contributed by atoms with van der Waals surface area (Å²) in [5.41, 5.74) is 1.51. The molecular weight excluding hydrogens is 431 g/mol. The summed E-state index contributed by atoms with van der Waals surface area (Å²) in [6.07, 6.45) is 6.22. The molecule has 1 N–H and O–H groups in total. The Morgan fingerprint density at radius 2 is 1.88 bits per heavy atom. The monoisotopic (exact) mass is 456 g/mol. The summed E-state index contributed by atoms with van der Waals surface area (Å²) in [5.74, 6) is 0.511. The van der Waals surface area contributed by atoms with Gasteiger partial charge < -0.3 is 42.9 Å². The van der Waals surface area contributed by atoms with Gasteiger partial charge >= 0.3 is 5.97 Å². The van der Waals surface area contributed by atoms with Gasteiger partial charge in [-0.3, -0.25) is 0 Å². The van der Waals surface area contributed by atoms with Crippen LogP contribution in [0.3, 0.4) is 0 Å². The number of carbonyl (C=O) groups excluding carboxylic acids is 1. The second kappa shape index (κ2) is 6.79. The van der Waals surface area contributed by atoms with Crippen LogP contribution in [-0.4, -0.2) is 54.8 Å². The number of methoxy groups -OCH3 is 1. The fraction of sp³-hybridized carbons (Fsp3) is 0.526. The molecule has 1 aromatic heterocycles. The van der Waals surface area contributed by atoms with Crippen LogP contribution < -0.4 is 28.7 Å². The molecule has 136 valence electrons. The minimum Gasteiger partial charge on any atom is -1.00 e. The zero-order chi connectivity index (χ0) is 16.9. The van der Waals surface area contributed by atoms with Crippen molar-refractivity contribution in [1.29, 1.82) is 0 Å². The van der Waals surface area contributed by atoms with E-state index in [1.165, 1.54) is 12.8 Å². The Bertz CT molecular complexity index is 770. The van der Waals surface area contributed by atoms with E-state index < -0.39 is 0 Å². The molecule has 25 heavy (non-hydrogen) atoms. The first-order chi connectivity index (χ1) is 11.5. The molecule has 0 saturated carbocycles. The number of H-pyrrole nitrogens is 1. The van der Waals surface area contributed by atoms with Crippen molar-refractivity contribution < 1.29 is 42.7 Å². The van der Waals surface area contributed by atoms with E-state index in [0.29, 0.717) is 17.6 Å². The van der Waals surface area contributed by atoms with Crippen LogP contribution in [0.15, 0.2) is 24.4 Å². The number of nitrogens with zero attached hydrogens (tertiary/aromatic N) is 1. The summed E-state index contributed by atoms with van der Waals surface area (Å²) in [6, 6.07) is 6.92. The number of quaternary nitrogens is 1. The number of hydrogen-bond acceptors (Lipinski definition) is 3. The molecule has 2 bridgehead atoms. The van der Waals surface area contributed by atoms with Crippen molar-refractivity contribution >= 4 is 16.9 Å². The summed E-state index contributed by atoms with van der Waals surface area (Å²) < 4.78 is 12.2.